The Morgan fingerprint density at radius 2 is 2.00 bits per heavy atom. The fraction of sp³-hybridized carbons (Fsp3) is 0.238. The van der Waals surface area contributed by atoms with Crippen LogP contribution in [0.5, 0.6) is 11.5 Å². The summed E-state index contributed by atoms with van der Waals surface area (Å²) in [5, 5.41) is 0.937. The van der Waals surface area contributed by atoms with Gasteiger partial charge in [-0.3, -0.25) is 4.79 Å². The number of likely N-dealkylation sites (N-methyl/N-ethyl adjacent to an activating group) is 1. The van der Waals surface area contributed by atoms with E-state index in [-0.39, 0.29) is 12.5 Å². The van der Waals surface area contributed by atoms with Crippen molar-refractivity contribution in [3.05, 3.63) is 51.4 Å². The highest BCUT2D eigenvalue weighted by atomic mass is 79.9. The molecule has 0 atom stereocenters. The van der Waals surface area contributed by atoms with Crippen molar-refractivity contribution >= 4 is 55.5 Å². The number of rotatable bonds is 7. The lowest BCUT2D eigenvalue weighted by Crippen LogP contribution is -2.27. The Morgan fingerprint density at radius 3 is 2.71 bits per heavy atom. The van der Waals surface area contributed by atoms with Gasteiger partial charge < -0.3 is 14.4 Å². The van der Waals surface area contributed by atoms with Crippen molar-refractivity contribution < 1.29 is 14.3 Å². The Labute approximate surface area is 176 Å². The van der Waals surface area contributed by atoms with Gasteiger partial charge in [-0.05, 0) is 58.8 Å². The van der Waals surface area contributed by atoms with Gasteiger partial charge in [-0.15, -0.1) is 11.3 Å². The van der Waals surface area contributed by atoms with E-state index in [4.69, 9.17) is 9.47 Å². The van der Waals surface area contributed by atoms with Crippen LogP contribution in [-0.2, 0) is 4.79 Å². The van der Waals surface area contributed by atoms with Gasteiger partial charge in [0, 0.05) is 14.1 Å². The third-order valence-corrected chi connectivity index (χ3v) is 5.49. The normalized spacial score (nSPS) is 11.1. The molecule has 0 aliphatic carbocycles. The number of hydrogen-bond acceptors (Lipinski definition) is 5. The van der Waals surface area contributed by atoms with E-state index in [1.807, 2.05) is 49.4 Å². The summed E-state index contributed by atoms with van der Waals surface area (Å²) < 4.78 is 13.3. The number of halogens is 1. The number of benzene rings is 2. The summed E-state index contributed by atoms with van der Waals surface area (Å²) in [6.07, 6.45) is 3.97. The van der Waals surface area contributed by atoms with E-state index in [9.17, 15) is 4.79 Å². The number of para-hydroxylation sites is 1. The maximum Gasteiger partial charge on any atom is 0.259 e. The van der Waals surface area contributed by atoms with Gasteiger partial charge in [0.2, 0.25) is 0 Å². The predicted octanol–water partition coefficient (Wildman–Crippen LogP) is 5.09. The molecule has 3 aromatic rings. The summed E-state index contributed by atoms with van der Waals surface area (Å²) >= 11 is 5.18. The first-order valence-electron chi connectivity index (χ1n) is 8.81. The van der Waals surface area contributed by atoms with Gasteiger partial charge in [0.15, 0.2) is 18.1 Å². The largest absolute Gasteiger partial charge is 0.490 e. The molecule has 0 spiro atoms. The molecule has 1 aromatic heterocycles. The molecular formula is C21H21BrN2O3S. The Hall–Kier alpha value is -2.38. The zero-order valence-electron chi connectivity index (χ0n) is 15.9. The summed E-state index contributed by atoms with van der Waals surface area (Å²) in [6.45, 7) is 2.36. The molecule has 0 radical (unpaired) electrons. The summed E-state index contributed by atoms with van der Waals surface area (Å²) in [5.41, 5.74) is 1.94. The quantitative estimate of drug-likeness (QED) is 0.492. The van der Waals surface area contributed by atoms with Crippen molar-refractivity contribution in [1.82, 2.24) is 9.88 Å². The lowest BCUT2D eigenvalue weighted by atomic mass is 10.2. The average Bonchev–Trinajstić information content (AvgIpc) is 3.08. The van der Waals surface area contributed by atoms with E-state index in [1.165, 1.54) is 4.90 Å². The van der Waals surface area contributed by atoms with Crippen LogP contribution in [0.15, 0.2) is 40.9 Å². The van der Waals surface area contributed by atoms with Crippen LogP contribution < -0.4 is 9.47 Å². The molecule has 0 bridgehead atoms. The molecule has 0 aliphatic rings. The molecule has 1 amide bonds. The van der Waals surface area contributed by atoms with Crippen LogP contribution in [0.25, 0.3) is 22.4 Å². The Balaban J connectivity index is 1.84. The van der Waals surface area contributed by atoms with Crippen molar-refractivity contribution in [2.75, 3.05) is 27.3 Å². The van der Waals surface area contributed by atoms with Gasteiger partial charge in [0.25, 0.3) is 5.91 Å². The number of thiazole rings is 1. The third kappa shape index (κ3) is 4.91. The number of amides is 1. The molecule has 7 heteroatoms. The van der Waals surface area contributed by atoms with E-state index in [2.05, 4.69) is 27.0 Å². The zero-order valence-corrected chi connectivity index (χ0v) is 18.3. The van der Waals surface area contributed by atoms with Crippen molar-refractivity contribution in [3.8, 4) is 11.5 Å². The van der Waals surface area contributed by atoms with Crippen LogP contribution in [-0.4, -0.2) is 43.1 Å². The van der Waals surface area contributed by atoms with Crippen LogP contribution in [0.2, 0.25) is 0 Å². The molecule has 0 saturated heterocycles. The molecule has 0 saturated carbocycles. The summed E-state index contributed by atoms with van der Waals surface area (Å²) in [6, 6.07) is 11.9. The third-order valence-electron chi connectivity index (χ3n) is 3.90. The highest BCUT2D eigenvalue weighted by Crippen LogP contribution is 2.37. The van der Waals surface area contributed by atoms with Crippen LogP contribution >= 0.6 is 27.3 Å². The zero-order chi connectivity index (χ0) is 20.1. The molecular weight excluding hydrogens is 440 g/mol. The van der Waals surface area contributed by atoms with Crippen molar-refractivity contribution in [1.29, 1.82) is 0 Å². The van der Waals surface area contributed by atoms with Gasteiger partial charge in [0.05, 0.1) is 21.3 Å². The van der Waals surface area contributed by atoms with Crippen LogP contribution in [0.4, 0.5) is 0 Å². The molecule has 0 aliphatic heterocycles. The highest BCUT2D eigenvalue weighted by Gasteiger charge is 2.14. The maximum atomic E-state index is 11.8. The lowest BCUT2D eigenvalue weighted by molar-refractivity contribution is -0.130. The van der Waals surface area contributed by atoms with E-state index in [1.54, 1.807) is 25.4 Å². The van der Waals surface area contributed by atoms with E-state index < -0.39 is 0 Å². The van der Waals surface area contributed by atoms with Crippen molar-refractivity contribution in [2.24, 2.45) is 0 Å². The van der Waals surface area contributed by atoms with Gasteiger partial charge in [0.1, 0.15) is 5.01 Å². The second-order valence-corrected chi connectivity index (χ2v) is 8.11. The van der Waals surface area contributed by atoms with Crippen LogP contribution in [0, 0.1) is 0 Å². The molecule has 146 valence electrons. The minimum absolute atomic E-state index is 0.0490. The molecule has 0 unspecified atom stereocenters. The molecule has 5 nitrogen and oxygen atoms in total. The van der Waals surface area contributed by atoms with Crippen molar-refractivity contribution in [3.63, 3.8) is 0 Å². The first kappa shape index (κ1) is 20.4. The first-order chi connectivity index (χ1) is 13.5. The number of ether oxygens (including phenoxy) is 2. The number of aromatic nitrogens is 1. The Bertz CT molecular complexity index is 981. The van der Waals surface area contributed by atoms with E-state index >= 15 is 0 Å². The number of carbonyl (C=O) groups is 1. The van der Waals surface area contributed by atoms with E-state index in [0.29, 0.717) is 18.1 Å². The minimum atomic E-state index is -0.117. The number of nitrogens with zero attached hydrogens (tertiary/aromatic N) is 2. The van der Waals surface area contributed by atoms with Gasteiger partial charge in [-0.2, -0.15) is 0 Å². The molecule has 0 fully saturated rings. The number of hydrogen-bond donors (Lipinski definition) is 0. The fourth-order valence-corrected chi connectivity index (χ4v) is 3.92. The number of fused-ring (bicyclic) bond motifs is 1. The van der Waals surface area contributed by atoms with Crippen molar-refractivity contribution in [2.45, 2.75) is 6.92 Å². The first-order valence-corrected chi connectivity index (χ1v) is 10.4. The van der Waals surface area contributed by atoms with Gasteiger partial charge >= 0.3 is 0 Å². The molecule has 2 aromatic carbocycles. The van der Waals surface area contributed by atoms with E-state index in [0.717, 1.165) is 25.3 Å². The molecule has 3 rings (SSSR count). The monoisotopic (exact) mass is 460 g/mol. The van der Waals surface area contributed by atoms with Gasteiger partial charge in [-0.1, -0.05) is 18.2 Å². The average molecular weight is 461 g/mol. The SMILES string of the molecule is CCOc1cc(/C=C/c2nc3ccccc3s2)cc(Br)c1OCC(=O)N(C)C. The predicted molar refractivity (Wildman–Crippen MR) is 118 cm³/mol. The molecule has 1 heterocycles. The Morgan fingerprint density at radius 1 is 1.21 bits per heavy atom. The smallest absolute Gasteiger partial charge is 0.259 e. The maximum absolute atomic E-state index is 11.8. The summed E-state index contributed by atoms with van der Waals surface area (Å²) in [5.74, 6) is 0.996. The summed E-state index contributed by atoms with van der Waals surface area (Å²) in [4.78, 5) is 17.9. The topological polar surface area (TPSA) is 51.7 Å². The van der Waals surface area contributed by atoms with Crippen LogP contribution in [0.1, 0.15) is 17.5 Å². The Kier molecular flexibility index (Phi) is 6.70. The number of carbonyl (C=O) groups excluding carboxylic acids is 1. The lowest BCUT2D eigenvalue weighted by Gasteiger charge is -2.16. The second-order valence-electron chi connectivity index (χ2n) is 6.19. The highest BCUT2D eigenvalue weighted by molar-refractivity contribution is 9.10. The summed E-state index contributed by atoms with van der Waals surface area (Å²) in [7, 11) is 3.39. The molecule has 0 N–H and O–H groups in total. The second kappa shape index (κ2) is 9.21. The van der Waals surface area contributed by atoms with Gasteiger partial charge in [-0.25, -0.2) is 4.98 Å². The van der Waals surface area contributed by atoms with Crippen LogP contribution in [0.3, 0.4) is 0 Å². The standard InChI is InChI=1S/C21H21BrN2O3S/c1-4-26-17-12-14(11-15(22)21(17)27-13-20(25)24(2)3)9-10-19-23-16-7-5-6-8-18(16)28-19/h5-12H,4,13H2,1-3H3/b10-9+. The molecule has 28 heavy (non-hydrogen) atoms. The fourth-order valence-electron chi connectivity index (χ4n) is 2.48. The minimum Gasteiger partial charge on any atom is -0.490 e.